The van der Waals surface area contributed by atoms with Crippen LogP contribution in [0.15, 0.2) is 84.4 Å². The van der Waals surface area contributed by atoms with Crippen LogP contribution in [0, 0.1) is 34.9 Å². The van der Waals surface area contributed by atoms with Crippen molar-refractivity contribution in [3.8, 4) is 5.75 Å². The van der Waals surface area contributed by atoms with Crippen molar-refractivity contribution in [1.29, 1.82) is 0 Å². The van der Waals surface area contributed by atoms with Gasteiger partial charge in [-0.05, 0) is 68.4 Å². The number of para-hydroxylation sites is 1. The molecule has 3 heterocycles. The summed E-state index contributed by atoms with van der Waals surface area (Å²) in [5.41, 5.74) is 1.37. The number of phenolic OH excluding ortho intramolecular Hbond substituents is 1. The smallest absolute Gasteiger partial charge is 0.241 e. The number of benzene rings is 3. The summed E-state index contributed by atoms with van der Waals surface area (Å²) >= 11 is 6.09. The summed E-state index contributed by atoms with van der Waals surface area (Å²) in [4.78, 5) is 62.3. The van der Waals surface area contributed by atoms with Crippen molar-refractivity contribution in [2.75, 3.05) is 18.0 Å². The average Bonchev–Trinajstić information content (AvgIpc) is 3.47. The van der Waals surface area contributed by atoms with Crippen LogP contribution in [0.25, 0.3) is 0 Å². The summed E-state index contributed by atoms with van der Waals surface area (Å²) in [6, 6.07) is 20.6. The van der Waals surface area contributed by atoms with Gasteiger partial charge in [0, 0.05) is 37.2 Å². The summed E-state index contributed by atoms with van der Waals surface area (Å²) in [7, 11) is 0. The van der Waals surface area contributed by atoms with Crippen molar-refractivity contribution in [2.45, 2.75) is 51.1 Å². The largest absolute Gasteiger partial charge is 0.508 e. The number of nitrogens with zero attached hydrogens (tertiary/aromatic N) is 3. The molecule has 4 fully saturated rings. The Balaban J connectivity index is 1.12. The first kappa shape index (κ1) is 31.9. The van der Waals surface area contributed by atoms with Crippen molar-refractivity contribution in [3.05, 3.63) is 106 Å². The first-order valence-corrected chi connectivity index (χ1v) is 17.4. The van der Waals surface area contributed by atoms with Crippen LogP contribution in [0.4, 0.5) is 10.1 Å². The number of hydrogen-bond donors (Lipinski definition) is 1. The van der Waals surface area contributed by atoms with E-state index in [0.29, 0.717) is 24.8 Å². The topological polar surface area (TPSA) is 98.2 Å². The van der Waals surface area contributed by atoms with Gasteiger partial charge in [0.1, 0.15) is 11.6 Å². The molecule has 4 amide bonds. The lowest BCUT2D eigenvalue weighted by molar-refractivity contribution is -0.144. The minimum absolute atomic E-state index is 0.0163. The van der Waals surface area contributed by atoms with Crippen molar-refractivity contribution < 1.29 is 28.7 Å². The molecule has 0 bridgehead atoms. The van der Waals surface area contributed by atoms with Crippen LogP contribution >= 0.6 is 11.6 Å². The molecule has 0 radical (unpaired) electrons. The first-order valence-electron chi connectivity index (χ1n) is 17.0. The zero-order valence-electron chi connectivity index (χ0n) is 27.1. The number of carbonyl (C=O) groups is 4. The molecule has 49 heavy (non-hydrogen) atoms. The number of aromatic hydroxyl groups is 1. The quantitative estimate of drug-likeness (QED) is 0.259. The number of hydrogen-bond acceptors (Lipinski definition) is 6. The maximum Gasteiger partial charge on any atom is 0.241 e. The Hall–Kier alpha value is -4.34. The van der Waals surface area contributed by atoms with E-state index in [2.05, 4.69) is 17.0 Å². The maximum atomic E-state index is 14.5. The Morgan fingerprint density at radius 3 is 2.33 bits per heavy atom. The number of phenols is 1. The summed E-state index contributed by atoms with van der Waals surface area (Å²) in [6.45, 7) is 4.11. The minimum Gasteiger partial charge on any atom is -0.508 e. The van der Waals surface area contributed by atoms with E-state index in [-0.39, 0.29) is 40.7 Å². The van der Waals surface area contributed by atoms with Gasteiger partial charge in [0.25, 0.3) is 0 Å². The second-order valence-electron chi connectivity index (χ2n) is 14.4. The number of anilines is 1. The molecule has 3 aromatic carbocycles. The lowest BCUT2D eigenvalue weighted by Gasteiger charge is -2.49. The third-order valence-electron chi connectivity index (χ3n) is 11.9. The molecule has 8 nitrogen and oxygen atoms in total. The lowest BCUT2D eigenvalue weighted by Crippen LogP contribution is -2.49. The number of imide groups is 2. The van der Waals surface area contributed by atoms with Crippen LogP contribution in [0.2, 0.25) is 5.02 Å². The summed E-state index contributed by atoms with van der Waals surface area (Å²) in [5, 5.41) is 11.0. The molecule has 0 unspecified atom stereocenters. The Bertz CT molecular complexity index is 1910. The maximum absolute atomic E-state index is 14.5. The van der Waals surface area contributed by atoms with E-state index in [1.165, 1.54) is 22.6 Å². The van der Waals surface area contributed by atoms with Gasteiger partial charge in [-0.1, -0.05) is 71.8 Å². The van der Waals surface area contributed by atoms with Crippen molar-refractivity contribution in [3.63, 3.8) is 0 Å². The summed E-state index contributed by atoms with van der Waals surface area (Å²) < 4.78 is 14.1. The van der Waals surface area contributed by atoms with E-state index < -0.39 is 52.6 Å². The standard InChI is InChI=1S/C39H37ClFN3O5/c1-39-29(36(47)44(38(39)49)24-11-14-31(41)30(40)19-24)20-28-25(34(39)26-9-5-6-10-32(26)45)12-13-27-33(28)37(48)43(35(27)46)23-15-17-42(18-16-23)21-22-7-3-2-4-8-22/h2-12,14,19,23,27-29,33-34,45H,13,15-18,20-21H2,1H3/t27-,28+,29-,33-,34+,39+/m0/s1. The number of fused-ring (bicyclic) bond motifs is 4. The Kier molecular flexibility index (Phi) is 7.76. The molecular weight excluding hydrogens is 645 g/mol. The van der Waals surface area contributed by atoms with Gasteiger partial charge < -0.3 is 5.11 Å². The Labute approximate surface area is 289 Å². The van der Waals surface area contributed by atoms with Gasteiger partial charge >= 0.3 is 0 Å². The third-order valence-corrected chi connectivity index (χ3v) is 12.2. The SMILES string of the molecule is C[C@@]12C(=O)N(c3ccc(F)c(Cl)c3)C(=O)[C@@H]1C[C@@H]1C(=CC[C@@H]3C(=O)N(C4CCN(Cc5ccccc5)CC4)C(=O)[C@@H]31)[C@@H]2c1ccccc1O. The van der Waals surface area contributed by atoms with E-state index in [1.807, 2.05) is 24.3 Å². The molecule has 3 aromatic rings. The Morgan fingerprint density at radius 1 is 0.898 bits per heavy atom. The van der Waals surface area contributed by atoms with Gasteiger partial charge in [-0.2, -0.15) is 0 Å². The first-order chi connectivity index (χ1) is 23.6. The molecule has 0 aromatic heterocycles. The fraction of sp³-hybridized carbons (Fsp3) is 0.385. The van der Waals surface area contributed by atoms with E-state index in [0.717, 1.165) is 36.2 Å². The number of amides is 4. The molecule has 3 saturated heterocycles. The highest BCUT2D eigenvalue weighted by molar-refractivity contribution is 6.31. The molecule has 252 valence electrons. The lowest BCUT2D eigenvalue weighted by atomic mass is 9.51. The van der Waals surface area contributed by atoms with E-state index in [1.54, 1.807) is 31.2 Å². The second-order valence-corrected chi connectivity index (χ2v) is 14.8. The van der Waals surface area contributed by atoms with Gasteiger partial charge in [0.15, 0.2) is 0 Å². The number of rotatable bonds is 5. The fourth-order valence-corrected chi connectivity index (χ4v) is 9.70. The average molecular weight is 682 g/mol. The van der Waals surface area contributed by atoms with Gasteiger partial charge in [0.2, 0.25) is 23.6 Å². The van der Waals surface area contributed by atoms with E-state index in [9.17, 15) is 28.7 Å². The van der Waals surface area contributed by atoms with Crippen LogP contribution in [0.5, 0.6) is 5.75 Å². The van der Waals surface area contributed by atoms with Crippen molar-refractivity contribution >= 4 is 40.9 Å². The molecule has 5 aliphatic rings. The number of piperidine rings is 1. The molecule has 2 aliphatic carbocycles. The molecular formula is C39H37ClFN3O5. The summed E-state index contributed by atoms with van der Waals surface area (Å²) in [5.74, 6) is -5.25. The van der Waals surface area contributed by atoms with Crippen molar-refractivity contribution in [1.82, 2.24) is 9.80 Å². The predicted molar refractivity (Wildman–Crippen MR) is 181 cm³/mol. The second kappa shape index (κ2) is 11.9. The van der Waals surface area contributed by atoms with E-state index in [4.69, 9.17) is 11.6 Å². The molecule has 0 spiro atoms. The molecule has 8 rings (SSSR count). The highest BCUT2D eigenvalue weighted by Crippen LogP contribution is 2.64. The van der Waals surface area contributed by atoms with Crippen LogP contribution in [-0.2, 0) is 25.7 Å². The number of likely N-dealkylation sites (tertiary alicyclic amines) is 2. The van der Waals surface area contributed by atoms with Crippen LogP contribution in [0.1, 0.15) is 49.7 Å². The highest BCUT2D eigenvalue weighted by Gasteiger charge is 2.68. The summed E-state index contributed by atoms with van der Waals surface area (Å²) in [6.07, 6.45) is 3.91. The number of allylic oxidation sites excluding steroid dienone is 2. The van der Waals surface area contributed by atoms with E-state index >= 15 is 0 Å². The number of carbonyl (C=O) groups excluding carboxylic acids is 4. The van der Waals surface area contributed by atoms with Gasteiger partial charge in [-0.25, -0.2) is 9.29 Å². The predicted octanol–water partition coefficient (Wildman–Crippen LogP) is 6.08. The molecule has 10 heteroatoms. The minimum atomic E-state index is -1.32. The monoisotopic (exact) mass is 681 g/mol. The van der Waals surface area contributed by atoms with Crippen molar-refractivity contribution in [2.24, 2.45) is 29.1 Å². The van der Waals surface area contributed by atoms with Gasteiger partial charge in [0.05, 0.1) is 33.9 Å². The van der Waals surface area contributed by atoms with Gasteiger partial charge in [-0.3, -0.25) is 29.0 Å². The van der Waals surface area contributed by atoms with Gasteiger partial charge in [-0.15, -0.1) is 0 Å². The fourth-order valence-electron chi connectivity index (χ4n) is 9.52. The van der Waals surface area contributed by atoms with Crippen LogP contribution < -0.4 is 4.90 Å². The van der Waals surface area contributed by atoms with Crippen LogP contribution in [0.3, 0.4) is 0 Å². The Morgan fingerprint density at radius 2 is 1.61 bits per heavy atom. The molecule has 6 atom stereocenters. The third kappa shape index (κ3) is 4.88. The zero-order valence-corrected chi connectivity index (χ0v) is 27.9. The highest BCUT2D eigenvalue weighted by atomic mass is 35.5. The molecule has 1 saturated carbocycles. The zero-order chi connectivity index (χ0) is 34.2. The number of halogens is 2. The normalized spacial score (nSPS) is 30.3. The molecule has 3 aliphatic heterocycles. The molecule has 1 N–H and O–H groups in total. The van der Waals surface area contributed by atoms with Crippen LogP contribution in [-0.4, -0.2) is 57.7 Å².